The number of benzene rings is 2. The van der Waals surface area contributed by atoms with E-state index in [1.54, 1.807) is 17.0 Å². The average molecular weight is 453 g/mol. The normalized spacial score (nSPS) is 19.4. The van der Waals surface area contributed by atoms with Gasteiger partial charge in [-0.15, -0.1) is 0 Å². The predicted octanol–water partition coefficient (Wildman–Crippen LogP) is 3.69. The van der Waals surface area contributed by atoms with Crippen LogP contribution in [-0.4, -0.2) is 46.2 Å². The number of nitrogens with zero attached hydrogens (tertiary/aromatic N) is 1. The lowest BCUT2D eigenvalue weighted by Gasteiger charge is -2.30. The van der Waals surface area contributed by atoms with Crippen LogP contribution in [0.4, 0.5) is 5.69 Å². The largest absolute Gasteiger partial charge is 0.493 e. The number of ether oxygens (including phenoxy) is 3. The average Bonchev–Trinajstić information content (AvgIpc) is 3.49. The maximum atomic E-state index is 13.1. The highest BCUT2D eigenvalue weighted by Crippen LogP contribution is 2.43. The maximum Gasteiger partial charge on any atom is 0.227 e. The molecule has 2 aliphatic rings. The van der Waals surface area contributed by atoms with Crippen LogP contribution in [0.2, 0.25) is 0 Å². The van der Waals surface area contributed by atoms with Gasteiger partial charge >= 0.3 is 0 Å². The maximum absolute atomic E-state index is 13.1. The topological polar surface area (TPSA) is 77.1 Å². The van der Waals surface area contributed by atoms with Crippen molar-refractivity contribution in [2.75, 3.05) is 39.3 Å². The van der Waals surface area contributed by atoms with E-state index in [1.807, 2.05) is 6.07 Å². The molecule has 2 aromatic rings. The fourth-order valence-electron chi connectivity index (χ4n) is 5.17. The van der Waals surface area contributed by atoms with Gasteiger partial charge in [0.15, 0.2) is 11.5 Å². The van der Waals surface area contributed by atoms with E-state index in [1.165, 1.54) is 39.7 Å². The smallest absolute Gasteiger partial charge is 0.227 e. The van der Waals surface area contributed by atoms with Gasteiger partial charge in [0.05, 0.1) is 32.9 Å². The van der Waals surface area contributed by atoms with Gasteiger partial charge in [0.25, 0.3) is 0 Å². The van der Waals surface area contributed by atoms with Crippen LogP contribution in [-0.2, 0) is 15.0 Å². The van der Waals surface area contributed by atoms with E-state index in [0.29, 0.717) is 36.0 Å². The molecule has 1 N–H and O–H groups in total. The van der Waals surface area contributed by atoms with Crippen LogP contribution in [0, 0.1) is 5.92 Å². The number of carbonyl (C=O) groups is 2. The predicted molar refractivity (Wildman–Crippen MR) is 126 cm³/mol. The molecule has 0 aromatic heterocycles. The molecule has 176 valence electrons. The van der Waals surface area contributed by atoms with Gasteiger partial charge in [-0.2, -0.15) is 0 Å². The van der Waals surface area contributed by atoms with Gasteiger partial charge in [-0.05, 0) is 18.4 Å². The van der Waals surface area contributed by atoms with E-state index in [4.69, 9.17) is 14.2 Å². The summed E-state index contributed by atoms with van der Waals surface area (Å²) in [5.41, 5.74) is 1.89. The first-order chi connectivity index (χ1) is 16.0. The molecule has 1 aliphatic carbocycles. The zero-order chi connectivity index (χ0) is 23.4. The molecule has 1 atom stereocenters. The molecule has 1 unspecified atom stereocenters. The fraction of sp³-hybridized carbons (Fsp3) is 0.462. The molecule has 0 bridgehead atoms. The Morgan fingerprint density at radius 2 is 1.67 bits per heavy atom. The van der Waals surface area contributed by atoms with E-state index >= 15 is 0 Å². The number of hydrogen-bond donors (Lipinski definition) is 1. The monoisotopic (exact) mass is 452 g/mol. The first kappa shape index (κ1) is 23.0. The summed E-state index contributed by atoms with van der Waals surface area (Å²) in [6.45, 7) is 0.923. The van der Waals surface area contributed by atoms with Crippen LogP contribution < -0.4 is 24.4 Å². The summed E-state index contributed by atoms with van der Waals surface area (Å²) in [5, 5.41) is 3.17. The molecular formula is C26H32N2O5. The Bertz CT molecular complexity index is 976. The van der Waals surface area contributed by atoms with Gasteiger partial charge in [-0.1, -0.05) is 43.2 Å². The highest BCUT2D eigenvalue weighted by molar-refractivity contribution is 6.00. The minimum absolute atomic E-state index is 0.0179. The van der Waals surface area contributed by atoms with Crippen molar-refractivity contribution in [2.24, 2.45) is 5.92 Å². The van der Waals surface area contributed by atoms with Crippen LogP contribution in [0.5, 0.6) is 17.2 Å². The molecule has 33 heavy (non-hydrogen) atoms. The molecule has 1 aliphatic heterocycles. The molecule has 1 saturated carbocycles. The van der Waals surface area contributed by atoms with Crippen molar-refractivity contribution in [3.05, 3.63) is 48.0 Å². The minimum Gasteiger partial charge on any atom is -0.493 e. The molecule has 0 radical (unpaired) electrons. The molecule has 4 rings (SSSR count). The Labute approximate surface area is 195 Å². The lowest BCUT2D eigenvalue weighted by Crippen LogP contribution is -2.42. The highest BCUT2D eigenvalue weighted by Gasteiger charge is 2.39. The number of rotatable bonds is 8. The van der Waals surface area contributed by atoms with Crippen molar-refractivity contribution in [1.82, 2.24) is 5.32 Å². The summed E-state index contributed by atoms with van der Waals surface area (Å²) >= 11 is 0. The number of hydrogen-bond acceptors (Lipinski definition) is 5. The quantitative estimate of drug-likeness (QED) is 0.661. The SMILES string of the molecule is COc1cc(N2CC(C(=O)NCC3(c4ccccc4)CCCC3)CC2=O)cc(OC)c1OC. The molecule has 1 saturated heterocycles. The van der Waals surface area contributed by atoms with Crippen molar-refractivity contribution in [2.45, 2.75) is 37.5 Å². The van der Waals surface area contributed by atoms with E-state index in [9.17, 15) is 9.59 Å². The van der Waals surface area contributed by atoms with Crippen molar-refractivity contribution in [1.29, 1.82) is 0 Å². The van der Waals surface area contributed by atoms with Crippen molar-refractivity contribution < 1.29 is 23.8 Å². The Hall–Kier alpha value is -3.22. The molecule has 7 nitrogen and oxygen atoms in total. The summed E-state index contributed by atoms with van der Waals surface area (Å²) in [5.74, 6) is 0.846. The Morgan fingerprint density at radius 3 is 2.24 bits per heavy atom. The number of carbonyl (C=O) groups excluding carboxylic acids is 2. The van der Waals surface area contributed by atoms with Crippen molar-refractivity contribution in [3.63, 3.8) is 0 Å². The Morgan fingerprint density at radius 1 is 1.03 bits per heavy atom. The third-order valence-corrected chi connectivity index (χ3v) is 7.00. The van der Waals surface area contributed by atoms with Crippen LogP contribution in [0.3, 0.4) is 0 Å². The van der Waals surface area contributed by atoms with Gasteiger partial charge in [-0.3, -0.25) is 9.59 Å². The van der Waals surface area contributed by atoms with Gasteiger partial charge in [-0.25, -0.2) is 0 Å². The second-order valence-electron chi connectivity index (χ2n) is 8.86. The summed E-state index contributed by atoms with van der Waals surface area (Å²) < 4.78 is 16.2. The van der Waals surface area contributed by atoms with Crippen LogP contribution >= 0.6 is 0 Å². The number of nitrogens with one attached hydrogen (secondary N) is 1. The van der Waals surface area contributed by atoms with Crippen LogP contribution in [0.25, 0.3) is 0 Å². The van der Waals surface area contributed by atoms with Crippen LogP contribution in [0.15, 0.2) is 42.5 Å². The molecule has 0 spiro atoms. The second-order valence-corrected chi connectivity index (χ2v) is 8.86. The third-order valence-electron chi connectivity index (χ3n) is 7.00. The zero-order valence-corrected chi connectivity index (χ0v) is 19.6. The molecule has 2 fully saturated rings. The number of methoxy groups -OCH3 is 3. The molecule has 7 heteroatoms. The standard InChI is InChI=1S/C26H32N2O5/c1-31-21-14-20(15-22(32-2)24(21)33-3)28-16-18(13-23(28)29)25(30)27-17-26(11-7-8-12-26)19-9-5-4-6-10-19/h4-6,9-10,14-15,18H,7-8,11-13,16-17H2,1-3H3,(H,27,30). The summed E-state index contributed by atoms with van der Waals surface area (Å²) in [6, 6.07) is 13.9. The molecular weight excluding hydrogens is 420 g/mol. The highest BCUT2D eigenvalue weighted by atomic mass is 16.5. The second kappa shape index (κ2) is 9.73. The van der Waals surface area contributed by atoms with E-state index in [2.05, 4.69) is 29.6 Å². The number of amides is 2. The Kier molecular flexibility index (Phi) is 6.77. The lowest BCUT2D eigenvalue weighted by molar-refractivity contribution is -0.126. The fourth-order valence-corrected chi connectivity index (χ4v) is 5.17. The number of anilines is 1. The van der Waals surface area contributed by atoms with Gasteiger partial charge in [0, 0.05) is 37.1 Å². The summed E-state index contributed by atoms with van der Waals surface area (Å²) in [4.78, 5) is 27.5. The van der Waals surface area contributed by atoms with Crippen molar-refractivity contribution >= 4 is 17.5 Å². The molecule has 1 heterocycles. The first-order valence-corrected chi connectivity index (χ1v) is 11.4. The minimum atomic E-state index is -0.397. The van der Waals surface area contributed by atoms with Gasteiger partial charge in [0.2, 0.25) is 17.6 Å². The lowest BCUT2D eigenvalue weighted by atomic mass is 9.78. The van der Waals surface area contributed by atoms with E-state index < -0.39 is 5.92 Å². The van der Waals surface area contributed by atoms with Crippen LogP contribution in [0.1, 0.15) is 37.7 Å². The first-order valence-electron chi connectivity index (χ1n) is 11.4. The summed E-state index contributed by atoms with van der Waals surface area (Å²) in [7, 11) is 4.61. The van der Waals surface area contributed by atoms with Gasteiger partial charge < -0.3 is 24.4 Å². The third kappa shape index (κ3) is 4.49. The van der Waals surface area contributed by atoms with Crippen molar-refractivity contribution in [3.8, 4) is 17.2 Å². The van der Waals surface area contributed by atoms with Gasteiger partial charge in [0.1, 0.15) is 0 Å². The zero-order valence-electron chi connectivity index (χ0n) is 19.6. The van der Waals surface area contributed by atoms with E-state index in [0.717, 1.165) is 12.8 Å². The molecule has 2 aromatic carbocycles. The summed E-state index contributed by atoms with van der Waals surface area (Å²) in [6.07, 6.45) is 4.65. The Balaban J connectivity index is 1.47. The van der Waals surface area contributed by atoms with E-state index in [-0.39, 0.29) is 23.7 Å². The molecule has 2 amide bonds.